The normalized spacial score (nSPS) is 29.3. The smallest absolute Gasteiger partial charge is 0.185 e. The number of carbonyl (C=O) groups is 1. The predicted molar refractivity (Wildman–Crippen MR) is 86.9 cm³/mol. The standard InChI is InChI=1S/C17H18N2O3S/c20-17(16-10-18-14-6-1-2-7-15(14)19-16)11-8-12-4-3-5-13(9-11)23(12,21)22/h1-2,6-7,10-13H,3-5,8-9H2. The van der Waals surface area contributed by atoms with E-state index in [0.29, 0.717) is 36.9 Å². The molecule has 2 aliphatic rings. The van der Waals surface area contributed by atoms with Crippen molar-refractivity contribution in [3.63, 3.8) is 0 Å². The number of fused-ring (bicyclic) bond motifs is 3. The molecule has 2 atom stereocenters. The summed E-state index contributed by atoms with van der Waals surface area (Å²) in [6.07, 6.45) is 4.71. The van der Waals surface area contributed by atoms with Crippen molar-refractivity contribution in [2.75, 3.05) is 0 Å². The summed E-state index contributed by atoms with van der Waals surface area (Å²) in [7, 11) is -3.04. The Morgan fingerprint density at radius 1 is 1.04 bits per heavy atom. The molecule has 2 aliphatic heterocycles. The maximum absolute atomic E-state index is 12.8. The molecule has 0 saturated carbocycles. The van der Waals surface area contributed by atoms with Gasteiger partial charge in [-0.25, -0.2) is 13.4 Å². The monoisotopic (exact) mass is 330 g/mol. The van der Waals surface area contributed by atoms with Gasteiger partial charge in [0, 0.05) is 5.92 Å². The van der Waals surface area contributed by atoms with Gasteiger partial charge >= 0.3 is 0 Å². The number of sulfone groups is 1. The minimum Gasteiger partial charge on any atom is -0.292 e. The van der Waals surface area contributed by atoms with Crippen LogP contribution >= 0.6 is 0 Å². The summed E-state index contributed by atoms with van der Waals surface area (Å²) < 4.78 is 24.7. The summed E-state index contributed by atoms with van der Waals surface area (Å²) in [6.45, 7) is 0. The highest BCUT2D eigenvalue weighted by atomic mass is 32.2. The summed E-state index contributed by atoms with van der Waals surface area (Å²) in [4.78, 5) is 21.5. The number of nitrogens with zero attached hydrogens (tertiary/aromatic N) is 2. The number of ketones is 1. The molecule has 0 radical (unpaired) electrons. The van der Waals surface area contributed by atoms with Crippen LogP contribution in [0.3, 0.4) is 0 Å². The summed E-state index contributed by atoms with van der Waals surface area (Å²) >= 11 is 0. The number of hydrogen-bond donors (Lipinski definition) is 0. The molecule has 23 heavy (non-hydrogen) atoms. The molecule has 3 heterocycles. The zero-order valence-corrected chi connectivity index (χ0v) is 13.5. The number of rotatable bonds is 2. The fourth-order valence-electron chi connectivity index (χ4n) is 3.91. The Morgan fingerprint density at radius 2 is 1.70 bits per heavy atom. The molecule has 1 aromatic heterocycles. The Bertz CT molecular complexity index is 858. The van der Waals surface area contributed by atoms with Crippen LogP contribution < -0.4 is 0 Å². The lowest BCUT2D eigenvalue weighted by atomic mass is 9.86. The van der Waals surface area contributed by atoms with E-state index in [1.165, 1.54) is 6.20 Å². The topological polar surface area (TPSA) is 77.0 Å². The van der Waals surface area contributed by atoms with Crippen molar-refractivity contribution >= 4 is 26.7 Å². The van der Waals surface area contributed by atoms with Crippen LogP contribution in [0.15, 0.2) is 30.5 Å². The average Bonchev–Trinajstić information content (AvgIpc) is 2.53. The maximum Gasteiger partial charge on any atom is 0.185 e. The first kappa shape index (κ1) is 14.8. The van der Waals surface area contributed by atoms with Gasteiger partial charge in [0.05, 0.1) is 27.7 Å². The first-order chi connectivity index (χ1) is 11.1. The van der Waals surface area contributed by atoms with Gasteiger partial charge in [-0.3, -0.25) is 9.78 Å². The van der Waals surface area contributed by atoms with E-state index in [0.717, 1.165) is 11.9 Å². The molecular weight excluding hydrogens is 312 g/mol. The van der Waals surface area contributed by atoms with E-state index in [1.807, 2.05) is 24.3 Å². The number of carbonyl (C=O) groups excluding carboxylic acids is 1. The van der Waals surface area contributed by atoms with Crippen LogP contribution in [0.4, 0.5) is 0 Å². The molecule has 0 spiro atoms. The molecule has 2 saturated heterocycles. The molecule has 4 rings (SSSR count). The van der Waals surface area contributed by atoms with E-state index in [-0.39, 0.29) is 22.2 Å². The van der Waals surface area contributed by atoms with Gasteiger partial charge < -0.3 is 0 Å². The van der Waals surface area contributed by atoms with Crippen LogP contribution in [0.25, 0.3) is 11.0 Å². The Hall–Kier alpha value is -1.82. The molecule has 120 valence electrons. The Kier molecular flexibility index (Phi) is 3.44. The fraction of sp³-hybridized carbons (Fsp3) is 0.471. The second kappa shape index (κ2) is 5.37. The van der Waals surface area contributed by atoms with Crippen LogP contribution in [0.1, 0.15) is 42.6 Å². The lowest BCUT2D eigenvalue weighted by Crippen LogP contribution is -2.45. The Balaban J connectivity index is 1.64. The molecule has 2 unspecified atom stereocenters. The van der Waals surface area contributed by atoms with Gasteiger partial charge in [-0.1, -0.05) is 18.6 Å². The molecule has 6 heteroatoms. The van der Waals surface area contributed by atoms with Crippen LogP contribution in [0, 0.1) is 5.92 Å². The van der Waals surface area contributed by atoms with Crippen molar-refractivity contribution in [1.29, 1.82) is 0 Å². The van der Waals surface area contributed by atoms with Crippen molar-refractivity contribution in [2.24, 2.45) is 5.92 Å². The molecule has 2 fully saturated rings. The van der Waals surface area contributed by atoms with E-state index in [1.54, 1.807) is 0 Å². The van der Waals surface area contributed by atoms with Crippen molar-refractivity contribution in [1.82, 2.24) is 9.97 Å². The molecular formula is C17H18N2O3S. The summed E-state index contributed by atoms with van der Waals surface area (Å²) in [5.41, 5.74) is 1.81. The van der Waals surface area contributed by atoms with Crippen molar-refractivity contribution < 1.29 is 13.2 Å². The molecule has 2 bridgehead atoms. The number of aromatic nitrogens is 2. The van der Waals surface area contributed by atoms with Crippen LogP contribution in [-0.2, 0) is 9.84 Å². The number of hydrogen-bond acceptors (Lipinski definition) is 5. The van der Waals surface area contributed by atoms with Gasteiger partial charge in [-0.2, -0.15) is 0 Å². The van der Waals surface area contributed by atoms with Gasteiger partial charge in [0.25, 0.3) is 0 Å². The lowest BCUT2D eigenvalue weighted by Gasteiger charge is -2.37. The third-order valence-corrected chi connectivity index (χ3v) is 7.86. The minimum atomic E-state index is -3.04. The molecule has 0 amide bonds. The molecule has 0 aliphatic carbocycles. The highest BCUT2D eigenvalue weighted by Crippen LogP contribution is 2.40. The first-order valence-electron chi connectivity index (χ1n) is 8.04. The number of para-hydroxylation sites is 2. The third kappa shape index (κ3) is 2.45. The van der Waals surface area contributed by atoms with E-state index in [9.17, 15) is 13.2 Å². The van der Waals surface area contributed by atoms with Gasteiger partial charge in [0.1, 0.15) is 5.69 Å². The summed E-state index contributed by atoms with van der Waals surface area (Å²) in [6, 6.07) is 7.43. The molecule has 2 aromatic rings. The molecule has 1 aromatic carbocycles. The summed E-state index contributed by atoms with van der Waals surface area (Å²) in [5.74, 6) is -0.306. The molecule has 5 nitrogen and oxygen atoms in total. The van der Waals surface area contributed by atoms with E-state index >= 15 is 0 Å². The Labute approximate surface area is 135 Å². The fourth-order valence-corrected chi connectivity index (χ4v) is 6.44. The highest BCUT2D eigenvalue weighted by molar-refractivity contribution is 7.92. The van der Waals surface area contributed by atoms with Gasteiger partial charge in [0.2, 0.25) is 0 Å². The van der Waals surface area contributed by atoms with Gasteiger partial charge in [-0.15, -0.1) is 0 Å². The van der Waals surface area contributed by atoms with Crippen LogP contribution in [0.2, 0.25) is 0 Å². The maximum atomic E-state index is 12.8. The number of benzene rings is 1. The largest absolute Gasteiger partial charge is 0.292 e. The van der Waals surface area contributed by atoms with Crippen LogP contribution in [-0.4, -0.2) is 34.7 Å². The number of Topliss-reactive ketones (excluding diaryl/α,β-unsaturated/α-hetero) is 1. The van der Waals surface area contributed by atoms with Gasteiger partial charge in [0.15, 0.2) is 15.6 Å². The predicted octanol–water partition coefficient (Wildman–Crippen LogP) is 2.56. The van der Waals surface area contributed by atoms with E-state index < -0.39 is 9.84 Å². The zero-order chi connectivity index (χ0) is 16.0. The van der Waals surface area contributed by atoms with Crippen molar-refractivity contribution in [2.45, 2.75) is 42.6 Å². The average molecular weight is 330 g/mol. The van der Waals surface area contributed by atoms with E-state index in [2.05, 4.69) is 9.97 Å². The Morgan fingerprint density at radius 3 is 2.39 bits per heavy atom. The lowest BCUT2D eigenvalue weighted by molar-refractivity contribution is 0.0889. The van der Waals surface area contributed by atoms with Gasteiger partial charge in [-0.05, 0) is 37.8 Å². The highest BCUT2D eigenvalue weighted by Gasteiger charge is 2.46. The quantitative estimate of drug-likeness (QED) is 0.791. The zero-order valence-electron chi connectivity index (χ0n) is 12.7. The van der Waals surface area contributed by atoms with Crippen molar-refractivity contribution in [3.05, 3.63) is 36.2 Å². The van der Waals surface area contributed by atoms with Crippen molar-refractivity contribution in [3.8, 4) is 0 Å². The van der Waals surface area contributed by atoms with E-state index in [4.69, 9.17) is 0 Å². The second-order valence-corrected chi connectivity index (χ2v) is 9.05. The SMILES string of the molecule is O=C(c1cnc2ccccc2n1)C1CC2CCCC(C1)S2(=O)=O. The summed E-state index contributed by atoms with van der Waals surface area (Å²) in [5, 5.41) is -0.699. The second-order valence-electron chi connectivity index (χ2n) is 6.54. The first-order valence-corrected chi connectivity index (χ1v) is 9.65. The third-order valence-electron chi connectivity index (χ3n) is 5.15. The minimum absolute atomic E-state index is 0.0601. The molecule has 0 N–H and O–H groups in total. The van der Waals surface area contributed by atoms with Crippen LogP contribution in [0.5, 0.6) is 0 Å².